The van der Waals surface area contributed by atoms with Crippen LogP contribution in [0, 0.1) is 0 Å². The van der Waals surface area contributed by atoms with Gasteiger partial charge in [0.25, 0.3) is 0 Å². The number of allylic oxidation sites excluding steroid dienone is 2. The molecule has 1 unspecified atom stereocenters. The number of unbranched alkanes of at least 4 members (excludes halogenated alkanes) is 11. The maximum absolute atomic E-state index is 5.90. The minimum absolute atomic E-state index is 0.330. The van der Waals surface area contributed by atoms with E-state index in [0.29, 0.717) is 12.7 Å². The number of ether oxygens (including phenoxy) is 2. The van der Waals surface area contributed by atoms with Gasteiger partial charge in [-0.1, -0.05) is 88.1 Å². The van der Waals surface area contributed by atoms with Crippen LogP contribution in [0.25, 0.3) is 0 Å². The quantitative estimate of drug-likeness (QED) is 0.163. The Hall–Kier alpha value is -1.28. The molecule has 1 aliphatic rings. The van der Waals surface area contributed by atoms with Crippen molar-refractivity contribution in [3.05, 3.63) is 42.0 Å². The summed E-state index contributed by atoms with van der Waals surface area (Å²) in [6.07, 6.45) is 22.5. The van der Waals surface area contributed by atoms with Crippen molar-refractivity contribution in [2.75, 3.05) is 13.2 Å². The lowest BCUT2D eigenvalue weighted by atomic mass is 10.0. The molecule has 2 rings (SSSR count). The van der Waals surface area contributed by atoms with E-state index in [1.807, 2.05) is 0 Å². The Kier molecular flexibility index (Phi) is 12.0. The number of benzene rings is 1. The molecule has 1 fully saturated rings. The first-order valence-electron chi connectivity index (χ1n) is 11.3. The number of hydrogen-bond donors (Lipinski definition) is 0. The third-order valence-electron chi connectivity index (χ3n) is 5.35. The van der Waals surface area contributed by atoms with Gasteiger partial charge >= 0.3 is 0 Å². The summed E-state index contributed by atoms with van der Waals surface area (Å²) in [5.74, 6) is 1.05. The topological polar surface area (TPSA) is 21.8 Å². The van der Waals surface area contributed by atoms with E-state index in [-0.39, 0.29) is 0 Å². The Labute approximate surface area is 167 Å². The van der Waals surface area contributed by atoms with Crippen molar-refractivity contribution < 1.29 is 9.47 Å². The Morgan fingerprint density at radius 1 is 0.889 bits per heavy atom. The molecule has 2 nitrogen and oxygen atoms in total. The summed E-state index contributed by atoms with van der Waals surface area (Å²) in [5.41, 5.74) is 1.35. The molecule has 1 heterocycles. The molecule has 1 saturated heterocycles. The van der Waals surface area contributed by atoms with Crippen molar-refractivity contribution in [3.63, 3.8) is 0 Å². The van der Waals surface area contributed by atoms with Crippen LogP contribution in [0.2, 0.25) is 0 Å². The summed E-state index contributed by atoms with van der Waals surface area (Å²) >= 11 is 0. The van der Waals surface area contributed by atoms with Gasteiger partial charge in [-0.05, 0) is 44.2 Å². The summed E-state index contributed by atoms with van der Waals surface area (Å²) < 4.78 is 11.1. The first-order valence-corrected chi connectivity index (χ1v) is 11.3. The van der Waals surface area contributed by atoms with Crippen LogP contribution in [0.4, 0.5) is 0 Å². The van der Waals surface area contributed by atoms with E-state index < -0.39 is 0 Å². The molecule has 1 atom stereocenters. The second kappa shape index (κ2) is 14.7. The van der Waals surface area contributed by atoms with E-state index in [1.54, 1.807) is 0 Å². The first-order chi connectivity index (χ1) is 13.4. The van der Waals surface area contributed by atoms with Gasteiger partial charge in [0.1, 0.15) is 18.5 Å². The lowest BCUT2D eigenvalue weighted by Gasteiger charge is -2.10. The average Bonchev–Trinajstić information content (AvgIpc) is 3.52. The van der Waals surface area contributed by atoms with E-state index in [1.165, 1.54) is 82.6 Å². The van der Waals surface area contributed by atoms with Gasteiger partial charge in [-0.3, -0.25) is 0 Å². The van der Waals surface area contributed by atoms with Gasteiger partial charge < -0.3 is 9.47 Å². The molecule has 0 aliphatic carbocycles. The summed E-state index contributed by atoms with van der Waals surface area (Å²) in [7, 11) is 0. The fourth-order valence-electron chi connectivity index (χ4n) is 3.53. The number of aryl methyl sites for hydroxylation is 1. The van der Waals surface area contributed by atoms with Gasteiger partial charge in [0.15, 0.2) is 0 Å². The molecule has 1 aromatic carbocycles. The van der Waals surface area contributed by atoms with Crippen LogP contribution in [0.15, 0.2) is 36.4 Å². The average molecular weight is 373 g/mol. The zero-order valence-corrected chi connectivity index (χ0v) is 17.5. The SMILES string of the molecule is C/C=C/CCCCCCCCCCCCCc1ccccc1OCC1CO1. The van der Waals surface area contributed by atoms with Crippen molar-refractivity contribution >= 4 is 0 Å². The van der Waals surface area contributed by atoms with Gasteiger partial charge in [0.2, 0.25) is 0 Å². The van der Waals surface area contributed by atoms with Crippen LogP contribution >= 0.6 is 0 Å². The molecule has 0 amide bonds. The second-order valence-electron chi connectivity index (χ2n) is 7.87. The standard InChI is InChI=1S/C25H40O2/c1-2-3-4-5-6-7-8-9-10-11-12-13-14-15-18-23-19-16-17-20-25(23)27-22-24-21-26-24/h2-3,16-17,19-20,24H,4-15,18,21-22H2,1H3/b3-2+. The van der Waals surface area contributed by atoms with Crippen LogP contribution in [0.3, 0.4) is 0 Å². The molecular weight excluding hydrogens is 332 g/mol. The van der Waals surface area contributed by atoms with Gasteiger partial charge in [-0.25, -0.2) is 0 Å². The maximum atomic E-state index is 5.90. The zero-order chi connectivity index (χ0) is 19.0. The van der Waals surface area contributed by atoms with Crippen molar-refractivity contribution in [1.82, 2.24) is 0 Å². The highest BCUT2D eigenvalue weighted by Crippen LogP contribution is 2.22. The van der Waals surface area contributed by atoms with Gasteiger partial charge in [-0.2, -0.15) is 0 Å². The minimum atomic E-state index is 0.330. The predicted molar refractivity (Wildman–Crippen MR) is 116 cm³/mol. The molecule has 0 aromatic heterocycles. The van der Waals surface area contributed by atoms with E-state index in [0.717, 1.165) is 18.8 Å². The Balaban J connectivity index is 1.39. The molecule has 0 radical (unpaired) electrons. The van der Waals surface area contributed by atoms with Crippen LogP contribution in [0.1, 0.15) is 89.5 Å². The molecule has 0 spiro atoms. The summed E-state index contributed by atoms with van der Waals surface area (Å²) in [6.45, 7) is 3.67. The number of rotatable bonds is 17. The highest BCUT2D eigenvalue weighted by atomic mass is 16.6. The molecule has 152 valence electrons. The number of epoxide rings is 1. The van der Waals surface area contributed by atoms with Crippen LogP contribution in [-0.2, 0) is 11.2 Å². The Morgan fingerprint density at radius 3 is 2.11 bits per heavy atom. The third-order valence-corrected chi connectivity index (χ3v) is 5.35. The molecular formula is C25H40O2. The lowest BCUT2D eigenvalue weighted by molar-refractivity contribution is 0.261. The molecule has 1 aromatic rings. The summed E-state index contributed by atoms with van der Waals surface area (Å²) in [6, 6.07) is 8.49. The monoisotopic (exact) mass is 372 g/mol. The molecule has 0 saturated carbocycles. The van der Waals surface area contributed by atoms with Crippen molar-refractivity contribution in [2.24, 2.45) is 0 Å². The largest absolute Gasteiger partial charge is 0.491 e. The van der Waals surface area contributed by atoms with E-state index >= 15 is 0 Å². The van der Waals surface area contributed by atoms with Crippen molar-refractivity contribution in [2.45, 2.75) is 96.5 Å². The smallest absolute Gasteiger partial charge is 0.122 e. The highest BCUT2D eigenvalue weighted by molar-refractivity contribution is 5.33. The molecule has 0 N–H and O–H groups in total. The third kappa shape index (κ3) is 11.2. The first kappa shape index (κ1) is 22.0. The lowest BCUT2D eigenvalue weighted by Crippen LogP contribution is -2.05. The van der Waals surface area contributed by atoms with Crippen molar-refractivity contribution in [3.8, 4) is 5.75 Å². The fraction of sp³-hybridized carbons (Fsp3) is 0.680. The summed E-state index contributed by atoms with van der Waals surface area (Å²) in [5, 5.41) is 0. The van der Waals surface area contributed by atoms with Gasteiger partial charge in [0.05, 0.1) is 6.61 Å². The molecule has 0 bridgehead atoms. The van der Waals surface area contributed by atoms with Gasteiger partial charge in [0, 0.05) is 0 Å². The Morgan fingerprint density at radius 2 is 1.48 bits per heavy atom. The normalized spacial score (nSPS) is 16.1. The maximum Gasteiger partial charge on any atom is 0.122 e. The second-order valence-corrected chi connectivity index (χ2v) is 7.87. The van der Waals surface area contributed by atoms with Gasteiger partial charge in [-0.15, -0.1) is 0 Å². The fourth-order valence-corrected chi connectivity index (χ4v) is 3.53. The highest BCUT2D eigenvalue weighted by Gasteiger charge is 2.23. The summed E-state index contributed by atoms with van der Waals surface area (Å²) in [4.78, 5) is 0. The zero-order valence-electron chi connectivity index (χ0n) is 17.5. The van der Waals surface area contributed by atoms with E-state index in [2.05, 4.69) is 43.3 Å². The van der Waals surface area contributed by atoms with Crippen LogP contribution < -0.4 is 4.74 Å². The van der Waals surface area contributed by atoms with Crippen molar-refractivity contribution in [1.29, 1.82) is 0 Å². The number of para-hydroxylation sites is 1. The van der Waals surface area contributed by atoms with E-state index in [9.17, 15) is 0 Å². The molecule has 27 heavy (non-hydrogen) atoms. The predicted octanol–water partition coefficient (Wildman–Crippen LogP) is 7.26. The number of hydrogen-bond acceptors (Lipinski definition) is 2. The molecule has 1 aliphatic heterocycles. The van der Waals surface area contributed by atoms with Crippen LogP contribution in [0.5, 0.6) is 5.75 Å². The minimum Gasteiger partial charge on any atom is -0.491 e. The van der Waals surface area contributed by atoms with Crippen LogP contribution in [-0.4, -0.2) is 19.3 Å². The Bertz CT molecular complexity index is 505. The van der Waals surface area contributed by atoms with E-state index in [4.69, 9.17) is 9.47 Å². The molecule has 2 heteroatoms.